The van der Waals surface area contributed by atoms with Crippen LogP contribution >= 0.6 is 0 Å². The number of likely N-dealkylation sites (tertiary alicyclic amines) is 1. The summed E-state index contributed by atoms with van der Waals surface area (Å²) in [6.45, 7) is 6.04. The van der Waals surface area contributed by atoms with Gasteiger partial charge in [-0.1, -0.05) is 55.8 Å². The van der Waals surface area contributed by atoms with Crippen molar-refractivity contribution in [3.8, 4) is 0 Å². The van der Waals surface area contributed by atoms with Crippen molar-refractivity contribution in [2.24, 2.45) is 0 Å². The van der Waals surface area contributed by atoms with E-state index in [2.05, 4.69) is 78.4 Å². The van der Waals surface area contributed by atoms with Crippen LogP contribution in [0.25, 0.3) is 0 Å². The van der Waals surface area contributed by atoms with E-state index < -0.39 is 5.60 Å². The SMILES string of the molecule is CCCc1ccc(N(C)CCC2(O)CCN(Cc3ccccc3)CC2)cc1. The molecule has 0 radical (unpaired) electrons. The van der Waals surface area contributed by atoms with Gasteiger partial charge < -0.3 is 10.0 Å². The highest BCUT2D eigenvalue weighted by Crippen LogP contribution is 2.27. The van der Waals surface area contributed by atoms with Gasteiger partial charge >= 0.3 is 0 Å². The molecule has 1 heterocycles. The predicted molar refractivity (Wildman–Crippen MR) is 114 cm³/mol. The molecule has 0 bridgehead atoms. The van der Waals surface area contributed by atoms with E-state index in [1.807, 2.05) is 0 Å². The van der Waals surface area contributed by atoms with E-state index in [0.29, 0.717) is 0 Å². The largest absolute Gasteiger partial charge is 0.390 e. The molecular weight excluding hydrogens is 332 g/mol. The normalized spacial score (nSPS) is 17.0. The van der Waals surface area contributed by atoms with Gasteiger partial charge in [-0.3, -0.25) is 4.90 Å². The molecule has 0 atom stereocenters. The van der Waals surface area contributed by atoms with Gasteiger partial charge in [0.2, 0.25) is 0 Å². The van der Waals surface area contributed by atoms with Crippen molar-refractivity contribution in [1.82, 2.24) is 4.90 Å². The molecule has 3 nitrogen and oxygen atoms in total. The number of hydrogen-bond acceptors (Lipinski definition) is 3. The van der Waals surface area contributed by atoms with Crippen molar-refractivity contribution < 1.29 is 5.11 Å². The molecule has 2 aromatic rings. The molecule has 146 valence electrons. The standard InChI is InChI=1S/C24H34N2O/c1-3-7-21-10-12-23(13-11-21)25(2)17-14-24(27)15-18-26(19-16-24)20-22-8-5-4-6-9-22/h4-6,8-13,27H,3,7,14-20H2,1-2H3. The first-order valence-corrected chi connectivity index (χ1v) is 10.4. The summed E-state index contributed by atoms with van der Waals surface area (Å²) >= 11 is 0. The second-order valence-electron chi connectivity index (χ2n) is 8.07. The maximum absolute atomic E-state index is 11.0. The van der Waals surface area contributed by atoms with E-state index >= 15 is 0 Å². The maximum Gasteiger partial charge on any atom is 0.0689 e. The van der Waals surface area contributed by atoms with Crippen LogP contribution in [0.2, 0.25) is 0 Å². The molecule has 3 rings (SSSR count). The van der Waals surface area contributed by atoms with Crippen LogP contribution < -0.4 is 4.90 Å². The maximum atomic E-state index is 11.0. The van der Waals surface area contributed by atoms with E-state index in [1.54, 1.807) is 0 Å². The molecule has 0 spiro atoms. The summed E-state index contributed by atoms with van der Waals surface area (Å²) in [7, 11) is 2.13. The van der Waals surface area contributed by atoms with Gasteiger partial charge in [0.25, 0.3) is 0 Å². The first kappa shape index (κ1) is 19.9. The summed E-state index contributed by atoms with van der Waals surface area (Å²) in [4.78, 5) is 4.73. The summed E-state index contributed by atoms with van der Waals surface area (Å²) < 4.78 is 0. The van der Waals surface area contributed by atoms with Crippen molar-refractivity contribution in [2.45, 2.75) is 51.2 Å². The Morgan fingerprint density at radius 2 is 1.63 bits per heavy atom. The number of aryl methyl sites for hydroxylation is 1. The molecule has 1 N–H and O–H groups in total. The first-order chi connectivity index (χ1) is 13.1. The monoisotopic (exact) mass is 366 g/mol. The molecule has 1 fully saturated rings. The van der Waals surface area contributed by atoms with Crippen molar-refractivity contribution in [1.29, 1.82) is 0 Å². The number of nitrogens with zero attached hydrogens (tertiary/aromatic N) is 2. The number of rotatable bonds is 8. The van der Waals surface area contributed by atoms with Gasteiger partial charge in [-0.05, 0) is 48.9 Å². The minimum Gasteiger partial charge on any atom is -0.390 e. The molecule has 0 unspecified atom stereocenters. The summed E-state index contributed by atoms with van der Waals surface area (Å²) in [5.41, 5.74) is 3.47. The third-order valence-electron chi connectivity index (χ3n) is 5.86. The molecule has 3 heteroatoms. The Hall–Kier alpha value is -1.84. The predicted octanol–water partition coefficient (Wildman–Crippen LogP) is 4.49. The fourth-order valence-corrected chi connectivity index (χ4v) is 3.93. The molecule has 27 heavy (non-hydrogen) atoms. The highest BCUT2D eigenvalue weighted by molar-refractivity contribution is 5.46. The van der Waals surface area contributed by atoms with Crippen LogP contribution in [0.3, 0.4) is 0 Å². The molecule has 1 aliphatic heterocycles. The molecule has 2 aromatic carbocycles. The third kappa shape index (κ3) is 5.82. The third-order valence-corrected chi connectivity index (χ3v) is 5.86. The van der Waals surface area contributed by atoms with Crippen molar-refractivity contribution in [3.05, 3.63) is 65.7 Å². The smallest absolute Gasteiger partial charge is 0.0689 e. The Kier molecular flexibility index (Phi) is 6.92. The highest BCUT2D eigenvalue weighted by Gasteiger charge is 2.32. The fraction of sp³-hybridized carbons (Fsp3) is 0.500. The Balaban J connectivity index is 1.45. The van der Waals surface area contributed by atoms with Gasteiger partial charge in [0, 0.05) is 38.9 Å². The van der Waals surface area contributed by atoms with E-state index in [0.717, 1.165) is 51.9 Å². The van der Waals surface area contributed by atoms with Crippen LogP contribution in [0.15, 0.2) is 54.6 Å². The Labute approximate surface area is 164 Å². The molecule has 0 aliphatic carbocycles. The van der Waals surface area contributed by atoms with E-state index in [1.165, 1.54) is 23.2 Å². The van der Waals surface area contributed by atoms with E-state index in [4.69, 9.17) is 0 Å². The zero-order valence-corrected chi connectivity index (χ0v) is 16.9. The molecule has 1 aliphatic rings. The molecule has 1 saturated heterocycles. The lowest BCUT2D eigenvalue weighted by Crippen LogP contribution is -2.45. The minimum atomic E-state index is -0.524. The zero-order valence-electron chi connectivity index (χ0n) is 16.9. The van der Waals surface area contributed by atoms with E-state index in [9.17, 15) is 5.11 Å². The molecule has 0 saturated carbocycles. The Bertz CT molecular complexity index is 675. The van der Waals surface area contributed by atoms with Crippen molar-refractivity contribution in [3.63, 3.8) is 0 Å². The van der Waals surface area contributed by atoms with Crippen LogP contribution in [0, 0.1) is 0 Å². The number of hydrogen-bond donors (Lipinski definition) is 1. The number of anilines is 1. The van der Waals surface area contributed by atoms with Crippen LogP contribution in [0.1, 0.15) is 43.7 Å². The first-order valence-electron chi connectivity index (χ1n) is 10.4. The summed E-state index contributed by atoms with van der Waals surface area (Å²) in [5.74, 6) is 0. The summed E-state index contributed by atoms with van der Waals surface area (Å²) in [6, 6.07) is 19.5. The second-order valence-corrected chi connectivity index (χ2v) is 8.07. The zero-order chi connectivity index (χ0) is 19.1. The van der Waals surface area contributed by atoms with Crippen molar-refractivity contribution in [2.75, 3.05) is 31.6 Å². The van der Waals surface area contributed by atoms with Crippen molar-refractivity contribution >= 4 is 5.69 Å². The van der Waals surface area contributed by atoms with Gasteiger partial charge in [-0.15, -0.1) is 0 Å². The lowest BCUT2D eigenvalue weighted by atomic mass is 9.88. The number of piperidine rings is 1. The van der Waals surface area contributed by atoms with E-state index in [-0.39, 0.29) is 0 Å². The minimum absolute atomic E-state index is 0.524. The van der Waals surface area contributed by atoms with Crippen LogP contribution in [-0.2, 0) is 13.0 Å². The van der Waals surface area contributed by atoms with Gasteiger partial charge in [-0.25, -0.2) is 0 Å². The van der Waals surface area contributed by atoms with Gasteiger partial charge in [0.15, 0.2) is 0 Å². The Morgan fingerprint density at radius 3 is 2.26 bits per heavy atom. The van der Waals surface area contributed by atoms with Gasteiger partial charge in [0.05, 0.1) is 5.60 Å². The topological polar surface area (TPSA) is 26.7 Å². The lowest BCUT2D eigenvalue weighted by Gasteiger charge is -2.39. The number of benzene rings is 2. The molecular formula is C24H34N2O. The number of aliphatic hydroxyl groups is 1. The Morgan fingerprint density at radius 1 is 0.963 bits per heavy atom. The van der Waals surface area contributed by atoms with Crippen LogP contribution in [0.5, 0.6) is 0 Å². The quantitative estimate of drug-likeness (QED) is 0.745. The average molecular weight is 367 g/mol. The van der Waals surface area contributed by atoms with Gasteiger partial charge in [-0.2, -0.15) is 0 Å². The second kappa shape index (κ2) is 9.38. The van der Waals surface area contributed by atoms with Crippen LogP contribution in [-0.4, -0.2) is 42.3 Å². The molecule has 0 aromatic heterocycles. The lowest BCUT2D eigenvalue weighted by molar-refractivity contribution is -0.0275. The van der Waals surface area contributed by atoms with Crippen LogP contribution in [0.4, 0.5) is 5.69 Å². The fourth-order valence-electron chi connectivity index (χ4n) is 3.93. The highest BCUT2D eigenvalue weighted by atomic mass is 16.3. The summed E-state index contributed by atoms with van der Waals surface area (Å²) in [6.07, 6.45) is 4.89. The summed E-state index contributed by atoms with van der Waals surface area (Å²) in [5, 5.41) is 11.0. The average Bonchev–Trinajstić information content (AvgIpc) is 2.70. The molecule has 0 amide bonds. The van der Waals surface area contributed by atoms with Gasteiger partial charge in [0.1, 0.15) is 0 Å².